The first-order valence-corrected chi connectivity index (χ1v) is 9.20. The molecule has 0 aliphatic rings. The number of hydrogen-bond acceptors (Lipinski definition) is 5. The lowest BCUT2D eigenvalue weighted by Crippen LogP contribution is -2.34. The second-order valence-corrected chi connectivity index (χ2v) is 6.60. The standard InChI is InChI=1S/C20H19ClN4O4/c1-29-17-7-6-13(10-15(17)21)24-18(26)8-9-22-19(27)11-25-12-23-16-5-3-2-4-14(16)20(25)28/h2-7,10,12H,8-9,11H2,1H3,(H,22,27)(H,24,26). The van der Waals surface area contributed by atoms with Gasteiger partial charge in [0.2, 0.25) is 11.8 Å². The molecule has 0 atom stereocenters. The largest absolute Gasteiger partial charge is 0.495 e. The van der Waals surface area contributed by atoms with Crippen molar-refractivity contribution >= 4 is 40.0 Å². The minimum absolute atomic E-state index is 0.0697. The summed E-state index contributed by atoms with van der Waals surface area (Å²) in [6.45, 7) is -0.0450. The van der Waals surface area contributed by atoms with Gasteiger partial charge in [0.1, 0.15) is 12.3 Å². The molecule has 0 fully saturated rings. The predicted octanol–water partition coefficient (Wildman–Crippen LogP) is 2.20. The number of hydrogen-bond donors (Lipinski definition) is 2. The molecule has 2 aromatic carbocycles. The molecule has 150 valence electrons. The maximum atomic E-state index is 12.4. The van der Waals surface area contributed by atoms with Crippen molar-refractivity contribution in [3.05, 3.63) is 64.2 Å². The molecule has 0 aliphatic heterocycles. The van der Waals surface area contributed by atoms with Gasteiger partial charge < -0.3 is 15.4 Å². The number of methoxy groups -OCH3 is 1. The number of nitrogens with zero attached hydrogens (tertiary/aromatic N) is 2. The normalized spacial score (nSPS) is 10.6. The number of amides is 2. The Kier molecular flexibility index (Phi) is 6.46. The fourth-order valence-corrected chi connectivity index (χ4v) is 2.97. The Morgan fingerprint density at radius 1 is 1.17 bits per heavy atom. The molecule has 2 amide bonds. The lowest BCUT2D eigenvalue weighted by atomic mass is 10.2. The van der Waals surface area contributed by atoms with E-state index in [1.54, 1.807) is 42.5 Å². The van der Waals surface area contributed by atoms with E-state index in [1.807, 2.05) is 0 Å². The molecule has 1 aromatic heterocycles. The van der Waals surface area contributed by atoms with Gasteiger partial charge in [-0.25, -0.2) is 4.98 Å². The molecule has 0 saturated carbocycles. The van der Waals surface area contributed by atoms with Crippen LogP contribution in [-0.4, -0.2) is 35.0 Å². The Balaban J connectivity index is 1.50. The second kappa shape index (κ2) is 9.20. The topological polar surface area (TPSA) is 102 Å². The van der Waals surface area contributed by atoms with Crippen molar-refractivity contribution in [2.24, 2.45) is 0 Å². The molecule has 8 nitrogen and oxygen atoms in total. The van der Waals surface area contributed by atoms with Crippen LogP contribution in [0.15, 0.2) is 53.6 Å². The van der Waals surface area contributed by atoms with E-state index < -0.39 is 0 Å². The molecule has 0 saturated heterocycles. The van der Waals surface area contributed by atoms with Gasteiger partial charge in [-0.05, 0) is 30.3 Å². The number of ether oxygens (including phenoxy) is 1. The summed E-state index contributed by atoms with van der Waals surface area (Å²) in [5.74, 6) is -0.157. The number of para-hydroxylation sites is 1. The summed E-state index contributed by atoms with van der Waals surface area (Å²) >= 11 is 6.02. The van der Waals surface area contributed by atoms with Gasteiger partial charge in [-0.1, -0.05) is 23.7 Å². The van der Waals surface area contributed by atoms with E-state index >= 15 is 0 Å². The number of anilines is 1. The number of benzene rings is 2. The summed E-state index contributed by atoms with van der Waals surface area (Å²) < 4.78 is 6.29. The quantitative estimate of drug-likeness (QED) is 0.617. The summed E-state index contributed by atoms with van der Waals surface area (Å²) in [6.07, 6.45) is 1.41. The zero-order valence-corrected chi connectivity index (χ0v) is 16.4. The van der Waals surface area contributed by atoms with Crippen LogP contribution >= 0.6 is 11.6 Å². The summed E-state index contributed by atoms with van der Waals surface area (Å²) in [7, 11) is 1.50. The first-order valence-electron chi connectivity index (χ1n) is 8.82. The highest BCUT2D eigenvalue weighted by atomic mass is 35.5. The third-order valence-electron chi connectivity index (χ3n) is 4.16. The van der Waals surface area contributed by atoms with Gasteiger partial charge >= 0.3 is 0 Å². The molecule has 2 N–H and O–H groups in total. The molecule has 0 spiro atoms. The summed E-state index contributed by atoms with van der Waals surface area (Å²) in [5.41, 5.74) is 0.810. The molecule has 0 bridgehead atoms. The SMILES string of the molecule is COc1ccc(NC(=O)CCNC(=O)Cn2cnc3ccccc3c2=O)cc1Cl. The molecule has 0 unspecified atom stereocenters. The number of nitrogens with one attached hydrogen (secondary N) is 2. The van der Waals surface area contributed by atoms with Crippen LogP contribution < -0.4 is 20.9 Å². The molecular formula is C20H19ClN4O4. The van der Waals surface area contributed by atoms with Crippen molar-refractivity contribution in [1.29, 1.82) is 0 Å². The average Bonchev–Trinajstić information content (AvgIpc) is 2.70. The van der Waals surface area contributed by atoms with E-state index in [9.17, 15) is 14.4 Å². The highest BCUT2D eigenvalue weighted by molar-refractivity contribution is 6.32. The summed E-state index contributed by atoms with van der Waals surface area (Å²) in [4.78, 5) is 40.7. The maximum absolute atomic E-state index is 12.4. The number of halogens is 1. The minimum Gasteiger partial charge on any atom is -0.495 e. The van der Waals surface area contributed by atoms with Gasteiger partial charge in [0.05, 0.1) is 29.4 Å². The summed E-state index contributed by atoms with van der Waals surface area (Å²) in [5, 5.41) is 6.14. The molecule has 3 aromatic rings. The zero-order valence-electron chi connectivity index (χ0n) is 15.6. The zero-order chi connectivity index (χ0) is 20.8. The van der Waals surface area contributed by atoms with Gasteiger partial charge in [-0.2, -0.15) is 0 Å². The fourth-order valence-electron chi connectivity index (χ4n) is 2.71. The molecule has 3 rings (SSSR count). The third-order valence-corrected chi connectivity index (χ3v) is 4.45. The van der Waals surface area contributed by atoms with Crippen molar-refractivity contribution in [1.82, 2.24) is 14.9 Å². The van der Waals surface area contributed by atoms with Crippen molar-refractivity contribution < 1.29 is 14.3 Å². The number of aromatic nitrogens is 2. The lowest BCUT2D eigenvalue weighted by molar-refractivity contribution is -0.121. The van der Waals surface area contributed by atoms with Crippen molar-refractivity contribution in [2.75, 3.05) is 19.0 Å². The Labute approximate surface area is 171 Å². The molecule has 1 heterocycles. The maximum Gasteiger partial charge on any atom is 0.261 e. The van der Waals surface area contributed by atoms with Crippen LogP contribution in [0.25, 0.3) is 10.9 Å². The molecule has 0 aliphatic carbocycles. The number of fused-ring (bicyclic) bond motifs is 1. The van der Waals surface area contributed by atoms with E-state index in [0.717, 1.165) is 0 Å². The van der Waals surface area contributed by atoms with Gasteiger partial charge in [-0.3, -0.25) is 19.0 Å². The van der Waals surface area contributed by atoms with Crippen LogP contribution in [-0.2, 0) is 16.1 Å². The first-order chi connectivity index (χ1) is 14.0. The van der Waals surface area contributed by atoms with Crippen LogP contribution in [0, 0.1) is 0 Å². The third kappa shape index (κ3) is 5.11. The molecule has 0 radical (unpaired) electrons. The average molecular weight is 415 g/mol. The molecular weight excluding hydrogens is 396 g/mol. The van der Waals surface area contributed by atoms with Gasteiger partial charge in [0, 0.05) is 18.7 Å². The van der Waals surface area contributed by atoms with E-state index in [-0.39, 0.29) is 36.9 Å². The van der Waals surface area contributed by atoms with Crippen LogP contribution in [0.3, 0.4) is 0 Å². The Hall–Kier alpha value is -3.39. The van der Waals surface area contributed by atoms with E-state index in [2.05, 4.69) is 15.6 Å². The Morgan fingerprint density at radius 2 is 1.97 bits per heavy atom. The lowest BCUT2D eigenvalue weighted by Gasteiger charge is -2.09. The highest BCUT2D eigenvalue weighted by Crippen LogP contribution is 2.27. The molecule has 29 heavy (non-hydrogen) atoms. The van der Waals surface area contributed by atoms with Gasteiger partial charge in [0.15, 0.2) is 0 Å². The van der Waals surface area contributed by atoms with Crippen molar-refractivity contribution in [2.45, 2.75) is 13.0 Å². The highest BCUT2D eigenvalue weighted by Gasteiger charge is 2.09. The van der Waals surface area contributed by atoms with Gasteiger partial charge in [0.25, 0.3) is 5.56 Å². The van der Waals surface area contributed by atoms with Crippen LogP contribution in [0.1, 0.15) is 6.42 Å². The monoisotopic (exact) mass is 414 g/mol. The van der Waals surface area contributed by atoms with Crippen LogP contribution in [0.2, 0.25) is 5.02 Å². The predicted molar refractivity (Wildman–Crippen MR) is 110 cm³/mol. The van der Waals surface area contributed by atoms with Crippen molar-refractivity contribution in [3.8, 4) is 5.75 Å². The van der Waals surface area contributed by atoms with E-state index in [0.29, 0.717) is 27.4 Å². The first kappa shape index (κ1) is 20.3. The Morgan fingerprint density at radius 3 is 2.72 bits per heavy atom. The van der Waals surface area contributed by atoms with Crippen molar-refractivity contribution in [3.63, 3.8) is 0 Å². The number of rotatable bonds is 7. The number of carbonyl (C=O) groups excluding carboxylic acids is 2. The van der Waals surface area contributed by atoms with E-state index in [4.69, 9.17) is 16.3 Å². The summed E-state index contributed by atoms with van der Waals surface area (Å²) in [6, 6.07) is 11.8. The van der Waals surface area contributed by atoms with Crippen LogP contribution in [0.4, 0.5) is 5.69 Å². The molecule has 9 heteroatoms. The second-order valence-electron chi connectivity index (χ2n) is 6.19. The smallest absolute Gasteiger partial charge is 0.261 e. The minimum atomic E-state index is -0.385. The van der Waals surface area contributed by atoms with E-state index in [1.165, 1.54) is 18.0 Å². The van der Waals surface area contributed by atoms with Gasteiger partial charge in [-0.15, -0.1) is 0 Å². The number of carbonyl (C=O) groups is 2. The Bertz CT molecular complexity index is 1110. The van der Waals surface area contributed by atoms with Crippen LogP contribution in [0.5, 0.6) is 5.75 Å². The fraction of sp³-hybridized carbons (Fsp3) is 0.200.